The van der Waals surface area contributed by atoms with Crippen LogP contribution in [0.3, 0.4) is 0 Å². The Morgan fingerprint density at radius 1 is 1.28 bits per heavy atom. The van der Waals surface area contributed by atoms with Crippen molar-refractivity contribution in [1.82, 2.24) is 5.32 Å². The van der Waals surface area contributed by atoms with E-state index in [1.54, 1.807) is 0 Å². The molecule has 0 bridgehead atoms. The summed E-state index contributed by atoms with van der Waals surface area (Å²) in [4.78, 5) is 12.2. The zero-order valence-electron chi connectivity index (χ0n) is 11.0. The maximum atomic E-state index is 12.2. The molecule has 0 aromatic heterocycles. The van der Waals surface area contributed by atoms with Crippen LogP contribution in [0.1, 0.15) is 48.5 Å². The summed E-state index contributed by atoms with van der Waals surface area (Å²) in [7, 11) is 0. The molecule has 98 valence electrons. The van der Waals surface area contributed by atoms with Gasteiger partial charge in [-0.25, -0.2) is 0 Å². The van der Waals surface area contributed by atoms with Crippen molar-refractivity contribution in [2.24, 2.45) is 5.92 Å². The third-order valence-electron chi connectivity index (χ3n) is 3.72. The molecule has 1 amide bonds. The van der Waals surface area contributed by atoms with Crippen LogP contribution in [0.2, 0.25) is 0 Å². The Kier molecular flexibility index (Phi) is 4.44. The third-order valence-corrected chi connectivity index (χ3v) is 4.41. The van der Waals surface area contributed by atoms with E-state index in [0.29, 0.717) is 6.04 Å². The van der Waals surface area contributed by atoms with Gasteiger partial charge in [-0.1, -0.05) is 18.6 Å². The fourth-order valence-corrected chi connectivity index (χ4v) is 2.91. The lowest BCUT2D eigenvalue weighted by Crippen LogP contribution is -2.37. The molecule has 3 heteroatoms. The number of aryl methyl sites for hydroxylation is 1. The number of hydrogen-bond acceptors (Lipinski definition) is 1. The lowest BCUT2D eigenvalue weighted by atomic mass is 9.87. The van der Waals surface area contributed by atoms with Gasteiger partial charge in [-0.05, 0) is 66.6 Å². The fraction of sp³-hybridized carbons (Fsp3) is 0.533. The number of amides is 1. The van der Waals surface area contributed by atoms with Crippen molar-refractivity contribution < 1.29 is 4.79 Å². The summed E-state index contributed by atoms with van der Waals surface area (Å²) in [6.07, 6.45) is 4.66. The van der Waals surface area contributed by atoms with E-state index in [9.17, 15) is 4.79 Å². The number of carbonyl (C=O) groups is 1. The van der Waals surface area contributed by atoms with Gasteiger partial charge in [-0.3, -0.25) is 4.79 Å². The Labute approximate surface area is 117 Å². The normalized spacial score (nSPS) is 23.7. The van der Waals surface area contributed by atoms with Gasteiger partial charge in [0.1, 0.15) is 0 Å². The van der Waals surface area contributed by atoms with Gasteiger partial charge >= 0.3 is 0 Å². The van der Waals surface area contributed by atoms with E-state index in [1.165, 1.54) is 12.8 Å². The van der Waals surface area contributed by atoms with Gasteiger partial charge in [0.2, 0.25) is 0 Å². The minimum Gasteiger partial charge on any atom is -0.349 e. The van der Waals surface area contributed by atoms with E-state index in [4.69, 9.17) is 0 Å². The van der Waals surface area contributed by atoms with Crippen LogP contribution in [-0.4, -0.2) is 11.9 Å². The highest BCUT2D eigenvalue weighted by molar-refractivity contribution is 9.10. The molecule has 1 N–H and O–H groups in total. The summed E-state index contributed by atoms with van der Waals surface area (Å²) in [6.45, 7) is 4.29. The molecule has 1 aromatic rings. The van der Waals surface area contributed by atoms with Crippen molar-refractivity contribution in [3.63, 3.8) is 0 Å². The zero-order chi connectivity index (χ0) is 13.1. The van der Waals surface area contributed by atoms with Crippen molar-refractivity contribution in [1.29, 1.82) is 0 Å². The first-order valence-electron chi connectivity index (χ1n) is 6.63. The van der Waals surface area contributed by atoms with Crippen LogP contribution in [0.4, 0.5) is 0 Å². The highest BCUT2D eigenvalue weighted by Gasteiger charge is 2.21. The first kappa shape index (κ1) is 13.6. The molecule has 0 radical (unpaired) electrons. The quantitative estimate of drug-likeness (QED) is 0.876. The van der Waals surface area contributed by atoms with Crippen molar-refractivity contribution in [3.05, 3.63) is 33.8 Å². The highest BCUT2D eigenvalue weighted by Crippen LogP contribution is 2.24. The average Bonchev–Trinajstić information content (AvgIpc) is 2.35. The lowest BCUT2D eigenvalue weighted by molar-refractivity contribution is 0.0922. The van der Waals surface area contributed by atoms with E-state index >= 15 is 0 Å². The number of hydrogen-bond donors (Lipinski definition) is 1. The molecule has 0 atom stereocenters. The molecule has 0 spiro atoms. The third kappa shape index (κ3) is 3.35. The van der Waals surface area contributed by atoms with Gasteiger partial charge in [-0.15, -0.1) is 0 Å². The lowest BCUT2D eigenvalue weighted by Gasteiger charge is -2.27. The van der Waals surface area contributed by atoms with Gasteiger partial charge in [-0.2, -0.15) is 0 Å². The van der Waals surface area contributed by atoms with Crippen molar-refractivity contribution >= 4 is 21.8 Å². The number of halogens is 1. The Morgan fingerprint density at radius 2 is 1.94 bits per heavy atom. The second-order valence-corrected chi connectivity index (χ2v) is 6.27. The SMILES string of the molecule is Cc1ccc(Br)c(C(=O)NC2CCC(C)CC2)c1. The van der Waals surface area contributed by atoms with Crippen molar-refractivity contribution in [2.45, 2.75) is 45.6 Å². The van der Waals surface area contributed by atoms with Crippen LogP contribution >= 0.6 is 15.9 Å². The first-order valence-corrected chi connectivity index (χ1v) is 7.42. The van der Waals surface area contributed by atoms with Crippen molar-refractivity contribution in [3.8, 4) is 0 Å². The summed E-state index contributed by atoms with van der Waals surface area (Å²) < 4.78 is 0.870. The summed E-state index contributed by atoms with van der Waals surface area (Å²) in [5.74, 6) is 0.856. The first-order chi connectivity index (χ1) is 8.56. The molecule has 0 aliphatic heterocycles. The molecule has 2 nitrogen and oxygen atoms in total. The molecule has 0 unspecified atom stereocenters. The Morgan fingerprint density at radius 3 is 2.61 bits per heavy atom. The van der Waals surface area contributed by atoms with Crippen LogP contribution in [-0.2, 0) is 0 Å². The summed E-state index contributed by atoms with van der Waals surface area (Å²) in [5, 5.41) is 3.15. The molecule has 1 aliphatic rings. The van der Waals surface area contributed by atoms with Gasteiger partial charge < -0.3 is 5.32 Å². The largest absolute Gasteiger partial charge is 0.349 e. The predicted molar refractivity (Wildman–Crippen MR) is 77.8 cm³/mol. The summed E-state index contributed by atoms with van der Waals surface area (Å²) in [5.41, 5.74) is 1.86. The Bertz CT molecular complexity index is 436. The topological polar surface area (TPSA) is 29.1 Å². The van der Waals surface area contributed by atoms with Crippen LogP contribution in [0.15, 0.2) is 22.7 Å². The van der Waals surface area contributed by atoms with Crippen LogP contribution in [0.5, 0.6) is 0 Å². The van der Waals surface area contributed by atoms with Crippen LogP contribution < -0.4 is 5.32 Å². The van der Waals surface area contributed by atoms with Crippen LogP contribution in [0.25, 0.3) is 0 Å². The fourth-order valence-electron chi connectivity index (χ4n) is 2.48. The smallest absolute Gasteiger partial charge is 0.252 e. The van der Waals surface area contributed by atoms with E-state index in [1.807, 2.05) is 25.1 Å². The second-order valence-electron chi connectivity index (χ2n) is 5.41. The number of benzene rings is 1. The van der Waals surface area contributed by atoms with E-state index < -0.39 is 0 Å². The van der Waals surface area contributed by atoms with Crippen molar-refractivity contribution in [2.75, 3.05) is 0 Å². The monoisotopic (exact) mass is 309 g/mol. The number of nitrogens with one attached hydrogen (secondary N) is 1. The molecular formula is C15H20BrNO. The van der Waals surface area contributed by atoms with Crippen LogP contribution in [0, 0.1) is 12.8 Å². The number of carbonyl (C=O) groups excluding carboxylic acids is 1. The Balaban J connectivity index is 2.01. The van der Waals surface area contributed by atoms with E-state index in [0.717, 1.165) is 34.4 Å². The molecule has 1 aromatic carbocycles. The molecule has 1 saturated carbocycles. The second kappa shape index (κ2) is 5.87. The highest BCUT2D eigenvalue weighted by atomic mass is 79.9. The van der Waals surface area contributed by atoms with Gasteiger partial charge in [0.15, 0.2) is 0 Å². The molecule has 0 heterocycles. The molecule has 0 saturated heterocycles. The van der Waals surface area contributed by atoms with E-state index in [2.05, 4.69) is 28.2 Å². The Hall–Kier alpha value is -0.830. The van der Waals surface area contributed by atoms with Gasteiger partial charge in [0.25, 0.3) is 5.91 Å². The zero-order valence-corrected chi connectivity index (χ0v) is 12.6. The standard InChI is InChI=1S/C15H20BrNO/c1-10-3-6-12(7-4-10)17-15(18)13-9-11(2)5-8-14(13)16/h5,8-10,12H,3-4,6-7H2,1-2H3,(H,17,18). The molecular weight excluding hydrogens is 290 g/mol. The molecule has 1 aliphatic carbocycles. The molecule has 2 rings (SSSR count). The molecule has 18 heavy (non-hydrogen) atoms. The summed E-state index contributed by atoms with van der Waals surface area (Å²) in [6, 6.07) is 6.22. The van der Waals surface area contributed by atoms with Gasteiger partial charge in [0.05, 0.1) is 5.56 Å². The summed E-state index contributed by atoms with van der Waals surface area (Å²) >= 11 is 3.44. The minimum absolute atomic E-state index is 0.0464. The van der Waals surface area contributed by atoms with Gasteiger partial charge in [0, 0.05) is 10.5 Å². The number of rotatable bonds is 2. The predicted octanol–water partition coefficient (Wildman–Crippen LogP) is 4.07. The average molecular weight is 310 g/mol. The molecule has 1 fully saturated rings. The minimum atomic E-state index is 0.0464. The maximum absolute atomic E-state index is 12.2. The maximum Gasteiger partial charge on any atom is 0.252 e. The van der Waals surface area contributed by atoms with E-state index in [-0.39, 0.29) is 5.91 Å².